The molecule has 2 rings (SSSR count). The van der Waals surface area contributed by atoms with Crippen molar-refractivity contribution in [1.29, 1.82) is 0 Å². The highest BCUT2D eigenvalue weighted by Crippen LogP contribution is 2.24. The van der Waals surface area contributed by atoms with Gasteiger partial charge in [-0.3, -0.25) is 9.59 Å². The van der Waals surface area contributed by atoms with Gasteiger partial charge >= 0.3 is 12.1 Å². The fraction of sp³-hybridized carbons (Fsp3) is 0.824. The second-order valence-corrected chi connectivity index (χ2v) is 7.80. The maximum absolute atomic E-state index is 12.2. The largest absolute Gasteiger partial charge is 0.481 e. The lowest BCUT2D eigenvalue weighted by atomic mass is 9.95. The van der Waals surface area contributed by atoms with Gasteiger partial charge < -0.3 is 19.6 Å². The molecule has 0 radical (unpaired) electrons. The molecule has 2 saturated heterocycles. The Morgan fingerprint density at radius 2 is 2.00 bits per heavy atom. The van der Waals surface area contributed by atoms with Crippen LogP contribution in [0, 0.1) is 11.8 Å². The van der Waals surface area contributed by atoms with Gasteiger partial charge in [-0.2, -0.15) is 0 Å². The van der Waals surface area contributed by atoms with E-state index < -0.39 is 17.5 Å². The number of piperidine rings is 1. The first-order chi connectivity index (χ1) is 11.2. The predicted octanol–water partition coefficient (Wildman–Crippen LogP) is 1.96. The molecule has 2 aliphatic heterocycles. The van der Waals surface area contributed by atoms with E-state index in [-0.39, 0.29) is 18.4 Å². The fourth-order valence-electron chi connectivity index (χ4n) is 3.29. The Morgan fingerprint density at radius 1 is 1.29 bits per heavy atom. The summed E-state index contributed by atoms with van der Waals surface area (Å²) in [5.74, 6) is -1.24. The molecule has 2 fully saturated rings. The number of carboxylic acid groups (broad SMARTS) is 1. The Balaban J connectivity index is 1.80. The molecule has 0 aromatic rings. The maximum Gasteiger partial charge on any atom is 0.410 e. The van der Waals surface area contributed by atoms with Crippen LogP contribution < -0.4 is 0 Å². The normalized spacial score (nSPS) is 25.0. The second-order valence-electron chi connectivity index (χ2n) is 7.80. The van der Waals surface area contributed by atoms with Crippen LogP contribution in [0.15, 0.2) is 0 Å². The number of rotatable bonds is 4. The van der Waals surface area contributed by atoms with E-state index in [1.807, 2.05) is 20.8 Å². The Bertz CT molecular complexity index is 500. The van der Waals surface area contributed by atoms with Gasteiger partial charge in [0.25, 0.3) is 0 Å². The predicted molar refractivity (Wildman–Crippen MR) is 87.5 cm³/mol. The lowest BCUT2D eigenvalue weighted by Gasteiger charge is -2.34. The van der Waals surface area contributed by atoms with Gasteiger partial charge in [0.15, 0.2) is 0 Å². The van der Waals surface area contributed by atoms with Gasteiger partial charge in [0.05, 0.1) is 5.92 Å². The van der Waals surface area contributed by atoms with Crippen molar-refractivity contribution in [3.63, 3.8) is 0 Å². The molecule has 0 saturated carbocycles. The Kier molecular flexibility index (Phi) is 5.72. The zero-order valence-corrected chi connectivity index (χ0v) is 14.8. The van der Waals surface area contributed by atoms with Crippen LogP contribution in [-0.2, 0) is 14.3 Å². The van der Waals surface area contributed by atoms with Crippen LogP contribution >= 0.6 is 0 Å². The minimum atomic E-state index is -0.903. The van der Waals surface area contributed by atoms with E-state index in [0.717, 1.165) is 19.3 Å². The summed E-state index contributed by atoms with van der Waals surface area (Å²) in [4.78, 5) is 38.4. The van der Waals surface area contributed by atoms with Crippen LogP contribution in [0.5, 0.6) is 0 Å². The number of aliphatic carboxylic acids is 1. The Morgan fingerprint density at radius 3 is 2.58 bits per heavy atom. The van der Waals surface area contributed by atoms with Crippen molar-refractivity contribution in [1.82, 2.24) is 9.80 Å². The third-order valence-corrected chi connectivity index (χ3v) is 4.54. The van der Waals surface area contributed by atoms with Crippen molar-refractivity contribution in [3.05, 3.63) is 0 Å². The minimum absolute atomic E-state index is 0.0813. The van der Waals surface area contributed by atoms with Crippen molar-refractivity contribution < 1.29 is 24.2 Å². The molecule has 136 valence electrons. The number of hydrogen-bond acceptors (Lipinski definition) is 4. The maximum atomic E-state index is 12.2. The third-order valence-electron chi connectivity index (χ3n) is 4.54. The van der Waals surface area contributed by atoms with E-state index in [0.29, 0.717) is 32.1 Å². The van der Waals surface area contributed by atoms with Crippen molar-refractivity contribution in [2.24, 2.45) is 11.8 Å². The number of likely N-dealkylation sites (tertiary alicyclic amines) is 2. The van der Waals surface area contributed by atoms with E-state index in [1.54, 1.807) is 9.80 Å². The zero-order chi connectivity index (χ0) is 17.9. The molecule has 0 aromatic carbocycles. The number of amides is 2. The summed E-state index contributed by atoms with van der Waals surface area (Å²) in [5.41, 5.74) is -0.502. The molecule has 2 heterocycles. The SMILES string of the molecule is CC(C)(C)OC(=O)N1CCCC(CCN2CC(C(=O)O)CC2=O)C1. The van der Waals surface area contributed by atoms with Crippen LogP contribution in [0.25, 0.3) is 0 Å². The average molecular weight is 340 g/mol. The van der Waals surface area contributed by atoms with Crippen molar-refractivity contribution in [3.8, 4) is 0 Å². The van der Waals surface area contributed by atoms with Gasteiger partial charge in [-0.15, -0.1) is 0 Å². The zero-order valence-electron chi connectivity index (χ0n) is 14.8. The van der Waals surface area contributed by atoms with Crippen LogP contribution in [0.2, 0.25) is 0 Å². The van der Waals surface area contributed by atoms with E-state index in [9.17, 15) is 14.4 Å². The topological polar surface area (TPSA) is 87.2 Å². The molecule has 0 bridgehead atoms. The summed E-state index contributed by atoms with van der Waals surface area (Å²) in [6.45, 7) is 7.76. The highest BCUT2D eigenvalue weighted by atomic mass is 16.6. The molecule has 0 aliphatic carbocycles. The molecule has 0 aromatic heterocycles. The number of carboxylic acids is 1. The number of carbonyl (C=O) groups excluding carboxylic acids is 2. The first-order valence-electron chi connectivity index (χ1n) is 8.64. The third kappa shape index (κ3) is 5.11. The monoisotopic (exact) mass is 340 g/mol. The standard InChI is InChI=1S/C17H28N2O5/c1-17(2,3)24-16(23)19-7-4-5-12(10-19)6-8-18-11-13(15(21)22)9-14(18)20/h12-13H,4-11H2,1-3H3,(H,21,22). The molecule has 7 nitrogen and oxygen atoms in total. The van der Waals surface area contributed by atoms with Gasteiger partial charge in [0.2, 0.25) is 5.91 Å². The van der Waals surface area contributed by atoms with Crippen molar-refractivity contribution >= 4 is 18.0 Å². The Labute approximate surface area is 142 Å². The van der Waals surface area contributed by atoms with E-state index in [1.165, 1.54) is 0 Å². The van der Waals surface area contributed by atoms with E-state index >= 15 is 0 Å². The lowest BCUT2D eigenvalue weighted by Crippen LogP contribution is -2.43. The molecule has 7 heteroatoms. The molecular formula is C17H28N2O5. The molecule has 2 amide bonds. The summed E-state index contributed by atoms with van der Waals surface area (Å²) >= 11 is 0. The Hall–Kier alpha value is -1.79. The average Bonchev–Trinajstić information content (AvgIpc) is 2.85. The summed E-state index contributed by atoms with van der Waals surface area (Å²) in [6.07, 6.45) is 2.55. The van der Waals surface area contributed by atoms with E-state index in [4.69, 9.17) is 9.84 Å². The quantitative estimate of drug-likeness (QED) is 0.845. The second kappa shape index (κ2) is 7.40. The summed E-state index contributed by atoms with van der Waals surface area (Å²) in [5, 5.41) is 9.02. The van der Waals surface area contributed by atoms with Gasteiger partial charge in [-0.05, 0) is 46.0 Å². The highest BCUT2D eigenvalue weighted by molar-refractivity contribution is 5.86. The molecule has 2 aliphatic rings. The summed E-state index contributed by atoms with van der Waals surface area (Å²) < 4.78 is 5.42. The smallest absolute Gasteiger partial charge is 0.410 e. The van der Waals surface area contributed by atoms with Gasteiger partial charge in [-0.1, -0.05) is 0 Å². The fourth-order valence-corrected chi connectivity index (χ4v) is 3.29. The highest BCUT2D eigenvalue weighted by Gasteiger charge is 2.35. The summed E-state index contributed by atoms with van der Waals surface area (Å²) in [6, 6.07) is 0. The first kappa shape index (κ1) is 18.5. The van der Waals surface area contributed by atoms with Gasteiger partial charge in [0, 0.05) is 32.6 Å². The number of ether oxygens (including phenoxy) is 1. The molecule has 24 heavy (non-hydrogen) atoms. The van der Waals surface area contributed by atoms with Crippen LogP contribution in [0.4, 0.5) is 4.79 Å². The summed E-state index contributed by atoms with van der Waals surface area (Å²) in [7, 11) is 0. The molecule has 2 atom stereocenters. The molecule has 1 N–H and O–H groups in total. The van der Waals surface area contributed by atoms with Gasteiger partial charge in [0.1, 0.15) is 5.60 Å². The van der Waals surface area contributed by atoms with Crippen LogP contribution in [0.3, 0.4) is 0 Å². The van der Waals surface area contributed by atoms with Crippen LogP contribution in [-0.4, -0.2) is 64.7 Å². The van der Waals surface area contributed by atoms with Crippen molar-refractivity contribution in [2.45, 2.75) is 52.1 Å². The molecule has 2 unspecified atom stereocenters. The number of carbonyl (C=O) groups is 3. The van der Waals surface area contributed by atoms with E-state index in [2.05, 4.69) is 0 Å². The molecular weight excluding hydrogens is 312 g/mol. The number of hydrogen-bond donors (Lipinski definition) is 1. The number of nitrogens with zero attached hydrogens (tertiary/aromatic N) is 2. The first-order valence-corrected chi connectivity index (χ1v) is 8.64. The van der Waals surface area contributed by atoms with Crippen molar-refractivity contribution in [2.75, 3.05) is 26.2 Å². The minimum Gasteiger partial charge on any atom is -0.481 e. The van der Waals surface area contributed by atoms with Crippen LogP contribution in [0.1, 0.15) is 46.5 Å². The lowest BCUT2D eigenvalue weighted by molar-refractivity contribution is -0.141. The molecule has 0 spiro atoms. The van der Waals surface area contributed by atoms with Gasteiger partial charge in [-0.25, -0.2) is 4.79 Å².